The van der Waals surface area contributed by atoms with Crippen molar-refractivity contribution < 1.29 is 17.9 Å². The van der Waals surface area contributed by atoms with Gasteiger partial charge in [-0.05, 0) is 30.7 Å². The summed E-state index contributed by atoms with van der Waals surface area (Å²) in [5, 5.41) is 8.96. The minimum atomic E-state index is -4.10. The number of rotatable bonds is 3. The van der Waals surface area contributed by atoms with Crippen LogP contribution in [0.1, 0.15) is 29.5 Å². The maximum absolute atomic E-state index is 12.6. The van der Waals surface area contributed by atoms with Crippen LogP contribution < -0.4 is 9.46 Å². The van der Waals surface area contributed by atoms with Crippen LogP contribution in [0.3, 0.4) is 0 Å². The number of hydrogen-bond acceptors (Lipinski definition) is 5. The van der Waals surface area contributed by atoms with Gasteiger partial charge in [-0.2, -0.15) is 5.26 Å². The van der Waals surface area contributed by atoms with Gasteiger partial charge in [-0.15, -0.1) is 0 Å². The lowest BCUT2D eigenvalue weighted by Gasteiger charge is -2.16. The van der Waals surface area contributed by atoms with Crippen LogP contribution in [0.2, 0.25) is 0 Å². The fourth-order valence-electron chi connectivity index (χ4n) is 2.85. The Labute approximate surface area is 146 Å². The molecule has 1 amide bonds. The Morgan fingerprint density at radius 1 is 1.24 bits per heavy atom. The number of para-hydroxylation sites is 1. The number of sulfonamides is 1. The van der Waals surface area contributed by atoms with Gasteiger partial charge < -0.3 is 4.74 Å². The number of carbonyl (C=O) groups is 1. The van der Waals surface area contributed by atoms with Gasteiger partial charge in [-0.3, -0.25) is 4.79 Å². The number of amides is 1. The van der Waals surface area contributed by atoms with Crippen LogP contribution in [-0.2, 0) is 14.8 Å². The van der Waals surface area contributed by atoms with Crippen LogP contribution >= 0.6 is 0 Å². The van der Waals surface area contributed by atoms with Crippen molar-refractivity contribution in [2.75, 3.05) is 0 Å². The number of fused-ring (bicyclic) bond motifs is 1. The Bertz CT molecular complexity index is 992. The lowest BCUT2D eigenvalue weighted by molar-refractivity contribution is -0.126. The first-order valence-electron chi connectivity index (χ1n) is 7.66. The molecule has 1 N–H and O–H groups in total. The number of carbonyl (C=O) groups excluding carboxylic acids is 1. The zero-order valence-corrected chi connectivity index (χ0v) is 14.5. The molecule has 2 aromatic carbocycles. The lowest BCUT2D eigenvalue weighted by atomic mass is 9.97. The molecule has 0 saturated carbocycles. The molecule has 128 valence electrons. The van der Waals surface area contributed by atoms with Crippen molar-refractivity contribution in [1.29, 1.82) is 5.26 Å². The standard InChI is InChI=1S/C18H16N2O4S/c1-11-7-8-13(10-19)9-16(11)25(22,23)20-18(21)17-12(2)14-5-3-4-6-15(14)24-17/h3-9,12,17H,1-2H3,(H,20,21)/t12-,17+/m1/s1. The summed E-state index contributed by atoms with van der Waals surface area (Å²) in [5.74, 6) is -0.418. The summed E-state index contributed by atoms with van der Waals surface area (Å²) in [6.07, 6.45) is -0.924. The van der Waals surface area contributed by atoms with Crippen LogP contribution in [0.15, 0.2) is 47.4 Å². The first-order valence-corrected chi connectivity index (χ1v) is 9.15. The van der Waals surface area contributed by atoms with Crippen LogP contribution in [0.4, 0.5) is 0 Å². The largest absolute Gasteiger partial charge is 0.480 e. The van der Waals surface area contributed by atoms with E-state index in [1.807, 2.05) is 25.1 Å². The molecule has 7 heteroatoms. The van der Waals surface area contributed by atoms with Gasteiger partial charge in [0, 0.05) is 11.5 Å². The number of aryl methyl sites for hydroxylation is 1. The van der Waals surface area contributed by atoms with Crippen LogP contribution in [0, 0.1) is 18.3 Å². The van der Waals surface area contributed by atoms with Gasteiger partial charge >= 0.3 is 0 Å². The van der Waals surface area contributed by atoms with Crippen molar-refractivity contribution in [3.63, 3.8) is 0 Å². The monoisotopic (exact) mass is 356 g/mol. The van der Waals surface area contributed by atoms with Gasteiger partial charge in [0.1, 0.15) is 5.75 Å². The number of benzene rings is 2. The molecule has 0 saturated heterocycles. The smallest absolute Gasteiger partial charge is 0.275 e. The number of ether oxygens (including phenoxy) is 1. The number of nitrogens with zero attached hydrogens (tertiary/aromatic N) is 1. The van der Waals surface area contributed by atoms with Gasteiger partial charge in [-0.1, -0.05) is 31.2 Å². The van der Waals surface area contributed by atoms with Gasteiger partial charge in [-0.25, -0.2) is 13.1 Å². The Morgan fingerprint density at radius 3 is 2.64 bits per heavy atom. The van der Waals surface area contributed by atoms with E-state index in [1.165, 1.54) is 18.2 Å². The highest BCUT2D eigenvalue weighted by Crippen LogP contribution is 2.37. The molecule has 1 aliphatic heterocycles. The van der Waals surface area contributed by atoms with E-state index in [9.17, 15) is 13.2 Å². The Hall–Kier alpha value is -2.85. The Morgan fingerprint density at radius 2 is 1.96 bits per heavy atom. The second-order valence-electron chi connectivity index (χ2n) is 5.93. The molecule has 6 nitrogen and oxygen atoms in total. The van der Waals surface area contributed by atoms with Gasteiger partial charge in [0.25, 0.3) is 15.9 Å². The molecule has 1 aliphatic rings. The minimum Gasteiger partial charge on any atom is -0.480 e. The zero-order valence-electron chi connectivity index (χ0n) is 13.7. The fraction of sp³-hybridized carbons (Fsp3) is 0.222. The van der Waals surface area contributed by atoms with Crippen molar-refractivity contribution in [3.8, 4) is 11.8 Å². The summed E-state index contributed by atoms with van der Waals surface area (Å²) in [4.78, 5) is 12.4. The molecule has 2 aromatic rings. The zero-order chi connectivity index (χ0) is 18.2. The summed E-state index contributed by atoms with van der Waals surface area (Å²) in [7, 11) is -4.10. The van der Waals surface area contributed by atoms with E-state index in [0.29, 0.717) is 11.3 Å². The number of hydrogen-bond donors (Lipinski definition) is 1. The normalized spacial score (nSPS) is 18.8. The van der Waals surface area contributed by atoms with E-state index in [0.717, 1.165) is 5.56 Å². The average molecular weight is 356 g/mol. The Kier molecular flexibility index (Phi) is 4.23. The molecular formula is C18H16N2O4S. The second-order valence-corrected chi connectivity index (χ2v) is 7.58. The molecule has 2 atom stereocenters. The van der Waals surface area contributed by atoms with Gasteiger partial charge in [0.15, 0.2) is 6.10 Å². The van der Waals surface area contributed by atoms with E-state index in [-0.39, 0.29) is 16.4 Å². The molecule has 0 aromatic heterocycles. The highest BCUT2D eigenvalue weighted by atomic mass is 32.2. The molecular weight excluding hydrogens is 340 g/mol. The molecule has 0 aliphatic carbocycles. The first kappa shape index (κ1) is 17.0. The van der Waals surface area contributed by atoms with E-state index in [1.54, 1.807) is 19.1 Å². The first-order chi connectivity index (χ1) is 11.8. The maximum Gasteiger partial charge on any atom is 0.275 e. The summed E-state index contributed by atoms with van der Waals surface area (Å²) in [5.41, 5.74) is 1.52. The van der Waals surface area contributed by atoms with E-state index in [4.69, 9.17) is 10.00 Å². The van der Waals surface area contributed by atoms with Crippen molar-refractivity contribution in [2.24, 2.45) is 0 Å². The summed E-state index contributed by atoms with van der Waals surface area (Å²) in [6.45, 7) is 3.41. The van der Waals surface area contributed by atoms with Crippen molar-refractivity contribution in [1.82, 2.24) is 4.72 Å². The number of nitriles is 1. The topological polar surface area (TPSA) is 96.3 Å². The quantitative estimate of drug-likeness (QED) is 0.910. The van der Waals surface area contributed by atoms with Crippen molar-refractivity contribution in [3.05, 3.63) is 59.2 Å². The summed E-state index contributed by atoms with van der Waals surface area (Å²) < 4.78 is 32.8. The van der Waals surface area contributed by atoms with E-state index < -0.39 is 22.0 Å². The average Bonchev–Trinajstić information content (AvgIpc) is 2.92. The molecule has 0 radical (unpaired) electrons. The highest BCUT2D eigenvalue weighted by Gasteiger charge is 2.38. The van der Waals surface area contributed by atoms with Crippen LogP contribution in [0.25, 0.3) is 0 Å². The fourth-order valence-corrected chi connectivity index (χ4v) is 4.12. The third-order valence-corrected chi connectivity index (χ3v) is 5.71. The van der Waals surface area contributed by atoms with Gasteiger partial charge in [0.05, 0.1) is 16.5 Å². The summed E-state index contributed by atoms with van der Waals surface area (Å²) >= 11 is 0. The molecule has 0 spiro atoms. The van der Waals surface area contributed by atoms with Crippen molar-refractivity contribution >= 4 is 15.9 Å². The Balaban J connectivity index is 1.85. The molecule has 0 fully saturated rings. The third kappa shape index (κ3) is 3.08. The second kappa shape index (κ2) is 6.22. The predicted octanol–water partition coefficient (Wildman–Crippen LogP) is 2.24. The van der Waals surface area contributed by atoms with Crippen LogP contribution in [-0.4, -0.2) is 20.4 Å². The molecule has 0 unspecified atom stereocenters. The summed E-state index contributed by atoms with van der Waals surface area (Å²) in [6, 6.07) is 13.4. The molecule has 0 bridgehead atoms. The third-order valence-electron chi connectivity index (χ3n) is 4.22. The number of nitrogens with one attached hydrogen (secondary N) is 1. The van der Waals surface area contributed by atoms with E-state index >= 15 is 0 Å². The van der Waals surface area contributed by atoms with Gasteiger partial charge in [0.2, 0.25) is 0 Å². The maximum atomic E-state index is 12.6. The molecule has 25 heavy (non-hydrogen) atoms. The predicted molar refractivity (Wildman–Crippen MR) is 90.5 cm³/mol. The lowest BCUT2D eigenvalue weighted by Crippen LogP contribution is -2.42. The van der Waals surface area contributed by atoms with Crippen LogP contribution in [0.5, 0.6) is 5.75 Å². The molecule has 1 heterocycles. The minimum absolute atomic E-state index is 0.0944. The molecule has 3 rings (SSSR count). The van der Waals surface area contributed by atoms with Crippen molar-refractivity contribution in [2.45, 2.75) is 30.8 Å². The van der Waals surface area contributed by atoms with E-state index in [2.05, 4.69) is 4.72 Å². The SMILES string of the molecule is Cc1ccc(C#N)cc1S(=O)(=O)NC(=O)[C@H]1Oc2ccccc2[C@H]1C. The highest BCUT2D eigenvalue weighted by molar-refractivity contribution is 7.90.